The monoisotopic (exact) mass is 209 g/mol. The first-order valence-corrected chi connectivity index (χ1v) is 5.75. The Morgan fingerprint density at radius 1 is 1.47 bits per heavy atom. The number of aliphatic hydroxyl groups is 1. The summed E-state index contributed by atoms with van der Waals surface area (Å²) in [6.07, 6.45) is 5.82. The third-order valence-corrected chi connectivity index (χ3v) is 3.16. The van der Waals surface area contributed by atoms with Crippen molar-refractivity contribution in [2.45, 2.75) is 50.8 Å². The van der Waals surface area contributed by atoms with Gasteiger partial charge in [0.25, 0.3) is 0 Å². The molecule has 1 unspecified atom stereocenters. The van der Waals surface area contributed by atoms with Crippen molar-refractivity contribution in [1.82, 2.24) is 5.32 Å². The molecule has 0 aromatic carbocycles. The van der Waals surface area contributed by atoms with Crippen LogP contribution in [0.3, 0.4) is 0 Å². The summed E-state index contributed by atoms with van der Waals surface area (Å²) in [4.78, 5) is 0. The van der Waals surface area contributed by atoms with Crippen molar-refractivity contribution in [2.24, 2.45) is 0 Å². The standard InChI is InChI=1S/C12H19NO2/c1-9(12-7-4-8-15-12)13-10-5-2-3-6-11(10)14/h4,7-11,13-14H,2-3,5-6H2,1H3/t9?,10-,11-/m1/s1. The number of nitrogens with one attached hydrogen (secondary N) is 1. The van der Waals surface area contributed by atoms with Gasteiger partial charge in [0.1, 0.15) is 5.76 Å². The molecule has 1 aromatic rings. The van der Waals surface area contributed by atoms with Crippen molar-refractivity contribution in [2.75, 3.05) is 0 Å². The summed E-state index contributed by atoms with van der Waals surface area (Å²) in [6, 6.07) is 4.26. The molecule has 1 aliphatic rings. The van der Waals surface area contributed by atoms with Gasteiger partial charge in [-0.05, 0) is 31.9 Å². The van der Waals surface area contributed by atoms with E-state index in [1.165, 1.54) is 6.42 Å². The number of furan rings is 1. The Bertz CT molecular complexity index is 284. The zero-order valence-corrected chi connectivity index (χ0v) is 9.15. The highest BCUT2D eigenvalue weighted by Crippen LogP contribution is 2.22. The Hall–Kier alpha value is -0.800. The van der Waals surface area contributed by atoms with Crippen LogP contribution >= 0.6 is 0 Å². The van der Waals surface area contributed by atoms with Crippen LogP contribution < -0.4 is 5.32 Å². The van der Waals surface area contributed by atoms with Crippen molar-refractivity contribution in [3.63, 3.8) is 0 Å². The summed E-state index contributed by atoms with van der Waals surface area (Å²) in [5, 5.41) is 13.2. The molecular formula is C12H19NO2. The highest BCUT2D eigenvalue weighted by Gasteiger charge is 2.24. The first kappa shape index (κ1) is 10.7. The molecule has 3 heteroatoms. The Balaban J connectivity index is 1.90. The molecule has 1 aliphatic carbocycles. The molecule has 0 bridgehead atoms. The fourth-order valence-corrected chi connectivity index (χ4v) is 2.25. The smallest absolute Gasteiger partial charge is 0.120 e. The van der Waals surface area contributed by atoms with E-state index in [9.17, 15) is 5.11 Å². The second kappa shape index (κ2) is 4.81. The highest BCUT2D eigenvalue weighted by molar-refractivity contribution is 5.03. The van der Waals surface area contributed by atoms with Crippen molar-refractivity contribution >= 4 is 0 Å². The van der Waals surface area contributed by atoms with E-state index >= 15 is 0 Å². The van der Waals surface area contributed by atoms with E-state index < -0.39 is 0 Å². The SMILES string of the molecule is CC(N[C@@H]1CCCC[C@H]1O)c1ccco1. The summed E-state index contributed by atoms with van der Waals surface area (Å²) in [7, 11) is 0. The van der Waals surface area contributed by atoms with Crippen LogP contribution in [0.4, 0.5) is 0 Å². The zero-order chi connectivity index (χ0) is 10.7. The molecule has 1 fully saturated rings. The van der Waals surface area contributed by atoms with E-state index in [2.05, 4.69) is 12.2 Å². The van der Waals surface area contributed by atoms with Crippen molar-refractivity contribution < 1.29 is 9.52 Å². The lowest BCUT2D eigenvalue weighted by Crippen LogP contribution is -2.43. The van der Waals surface area contributed by atoms with E-state index in [1.54, 1.807) is 6.26 Å². The highest BCUT2D eigenvalue weighted by atomic mass is 16.3. The second-order valence-electron chi connectivity index (χ2n) is 4.36. The fourth-order valence-electron chi connectivity index (χ4n) is 2.25. The van der Waals surface area contributed by atoms with Crippen molar-refractivity contribution in [1.29, 1.82) is 0 Å². The van der Waals surface area contributed by atoms with E-state index in [0.29, 0.717) is 0 Å². The van der Waals surface area contributed by atoms with E-state index in [1.807, 2.05) is 12.1 Å². The van der Waals surface area contributed by atoms with Gasteiger partial charge in [-0.1, -0.05) is 12.8 Å². The summed E-state index contributed by atoms with van der Waals surface area (Å²) in [6.45, 7) is 2.07. The molecule has 3 nitrogen and oxygen atoms in total. The summed E-state index contributed by atoms with van der Waals surface area (Å²) >= 11 is 0. The Morgan fingerprint density at radius 3 is 2.93 bits per heavy atom. The molecule has 3 atom stereocenters. The van der Waals surface area contributed by atoms with Gasteiger partial charge in [0.15, 0.2) is 0 Å². The molecule has 0 amide bonds. The lowest BCUT2D eigenvalue weighted by molar-refractivity contribution is 0.0845. The minimum Gasteiger partial charge on any atom is -0.468 e. The summed E-state index contributed by atoms with van der Waals surface area (Å²) in [5.74, 6) is 0.938. The predicted molar refractivity (Wildman–Crippen MR) is 58.5 cm³/mol. The van der Waals surface area contributed by atoms with Gasteiger partial charge < -0.3 is 14.8 Å². The molecule has 1 saturated carbocycles. The summed E-state index contributed by atoms with van der Waals surface area (Å²) < 4.78 is 5.33. The fraction of sp³-hybridized carbons (Fsp3) is 0.667. The molecule has 0 radical (unpaired) electrons. The van der Waals surface area contributed by atoms with Crippen LogP contribution in [-0.4, -0.2) is 17.3 Å². The van der Waals surface area contributed by atoms with E-state index in [-0.39, 0.29) is 18.2 Å². The second-order valence-corrected chi connectivity index (χ2v) is 4.36. The van der Waals surface area contributed by atoms with E-state index in [0.717, 1.165) is 25.0 Å². The van der Waals surface area contributed by atoms with Crippen LogP contribution in [0.2, 0.25) is 0 Å². The molecule has 2 N–H and O–H groups in total. The number of rotatable bonds is 3. The first-order valence-electron chi connectivity index (χ1n) is 5.75. The Labute approximate surface area is 90.5 Å². The lowest BCUT2D eigenvalue weighted by Gasteiger charge is -2.30. The quantitative estimate of drug-likeness (QED) is 0.802. The minimum atomic E-state index is -0.198. The molecule has 0 aliphatic heterocycles. The third kappa shape index (κ3) is 2.61. The molecule has 1 heterocycles. The van der Waals surface area contributed by atoms with Gasteiger partial charge in [-0.15, -0.1) is 0 Å². The molecule has 0 spiro atoms. The lowest BCUT2D eigenvalue weighted by atomic mass is 9.92. The summed E-state index contributed by atoms with van der Waals surface area (Å²) in [5.41, 5.74) is 0. The zero-order valence-electron chi connectivity index (χ0n) is 9.15. The Kier molecular flexibility index (Phi) is 3.44. The van der Waals surface area contributed by atoms with Gasteiger partial charge in [0.05, 0.1) is 18.4 Å². The van der Waals surface area contributed by atoms with Crippen LogP contribution in [0.1, 0.15) is 44.4 Å². The van der Waals surface area contributed by atoms with Gasteiger partial charge in [0.2, 0.25) is 0 Å². The molecule has 0 saturated heterocycles. The maximum Gasteiger partial charge on any atom is 0.120 e. The van der Waals surface area contributed by atoms with Crippen molar-refractivity contribution in [3.8, 4) is 0 Å². The Morgan fingerprint density at radius 2 is 2.27 bits per heavy atom. The molecule has 1 aromatic heterocycles. The number of aliphatic hydroxyl groups excluding tert-OH is 1. The van der Waals surface area contributed by atoms with E-state index in [4.69, 9.17) is 4.42 Å². The predicted octanol–water partition coefficient (Wildman–Crippen LogP) is 2.23. The molecule has 15 heavy (non-hydrogen) atoms. The van der Waals surface area contributed by atoms with Gasteiger partial charge in [-0.25, -0.2) is 0 Å². The van der Waals surface area contributed by atoms with Gasteiger partial charge in [0, 0.05) is 6.04 Å². The maximum absolute atomic E-state index is 9.82. The first-order chi connectivity index (χ1) is 7.27. The topological polar surface area (TPSA) is 45.4 Å². The number of hydrogen-bond donors (Lipinski definition) is 2. The van der Waals surface area contributed by atoms with Crippen molar-refractivity contribution in [3.05, 3.63) is 24.2 Å². The largest absolute Gasteiger partial charge is 0.468 e. The average molecular weight is 209 g/mol. The normalized spacial score (nSPS) is 28.9. The van der Waals surface area contributed by atoms with Gasteiger partial charge in [-0.3, -0.25) is 0 Å². The average Bonchev–Trinajstić information content (AvgIpc) is 2.74. The minimum absolute atomic E-state index is 0.178. The molecular weight excluding hydrogens is 190 g/mol. The molecule has 84 valence electrons. The van der Waals surface area contributed by atoms with Crippen LogP contribution in [0.5, 0.6) is 0 Å². The van der Waals surface area contributed by atoms with Crippen LogP contribution in [0.15, 0.2) is 22.8 Å². The third-order valence-electron chi connectivity index (χ3n) is 3.16. The van der Waals surface area contributed by atoms with Gasteiger partial charge in [-0.2, -0.15) is 0 Å². The van der Waals surface area contributed by atoms with Crippen LogP contribution in [0, 0.1) is 0 Å². The van der Waals surface area contributed by atoms with Crippen LogP contribution in [-0.2, 0) is 0 Å². The van der Waals surface area contributed by atoms with Crippen LogP contribution in [0.25, 0.3) is 0 Å². The number of hydrogen-bond acceptors (Lipinski definition) is 3. The van der Waals surface area contributed by atoms with Gasteiger partial charge >= 0.3 is 0 Å². The molecule has 2 rings (SSSR count). The maximum atomic E-state index is 9.82.